The number of ether oxygens (including phenoxy) is 2. The molecular weight excluding hydrogens is 218 g/mol. The molecule has 0 amide bonds. The normalized spacial score (nSPS) is 19.5. The second-order valence-corrected chi connectivity index (χ2v) is 4.35. The van der Waals surface area contributed by atoms with Gasteiger partial charge in [-0.1, -0.05) is 0 Å². The largest absolute Gasteiger partial charge is 0.497 e. The van der Waals surface area contributed by atoms with Crippen LogP contribution in [0.25, 0.3) is 0 Å². The molecule has 1 saturated heterocycles. The molecule has 1 aliphatic rings. The van der Waals surface area contributed by atoms with Gasteiger partial charge in [-0.25, -0.2) is 0 Å². The average Bonchev–Trinajstić information content (AvgIpc) is 2.86. The van der Waals surface area contributed by atoms with E-state index in [1.54, 1.807) is 14.2 Å². The van der Waals surface area contributed by atoms with Gasteiger partial charge >= 0.3 is 0 Å². The fourth-order valence-electron chi connectivity index (χ4n) is 2.19. The Kier molecular flexibility index (Phi) is 3.74. The summed E-state index contributed by atoms with van der Waals surface area (Å²) in [5.74, 6) is 1.98. The molecule has 1 aliphatic heterocycles. The predicted molar refractivity (Wildman–Crippen MR) is 67.0 cm³/mol. The summed E-state index contributed by atoms with van der Waals surface area (Å²) < 4.78 is 10.5. The molecule has 94 valence electrons. The Morgan fingerprint density at radius 3 is 2.35 bits per heavy atom. The summed E-state index contributed by atoms with van der Waals surface area (Å²) in [5, 5.41) is 9.16. The van der Waals surface area contributed by atoms with Gasteiger partial charge in [-0.15, -0.1) is 0 Å². The van der Waals surface area contributed by atoms with Gasteiger partial charge < -0.3 is 19.5 Å². The summed E-state index contributed by atoms with van der Waals surface area (Å²) in [7, 11) is 3.30. The Hall–Kier alpha value is -1.42. The zero-order valence-corrected chi connectivity index (χ0v) is 10.3. The zero-order chi connectivity index (χ0) is 12.3. The Bertz CT molecular complexity index is 359. The molecule has 0 spiro atoms. The van der Waals surface area contributed by atoms with Crippen molar-refractivity contribution in [1.82, 2.24) is 0 Å². The lowest BCUT2D eigenvalue weighted by molar-refractivity contribution is 0.238. The van der Waals surface area contributed by atoms with Crippen LogP contribution in [-0.4, -0.2) is 39.0 Å². The third kappa shape index (κ3) is 2.64. The molecule has 0 aliphatic carbocycles. The standard InChI is InChI=1S/C13H19NO3/c1-16-12-5-11(6-13(7-12)17-2)14-4-3-10(8-14)9-15/h5-7,10,15H,3-4,8-9H2,1-2H3. The number of hydrogen-bond acceptors (Lipinski definition) is 4. The van der Waals surface area contributed by atoms with Gasteiger partial charge in [0.15, 0.2) is 0 Å². The Morgan fingerprint density at radius 1 is 1.24 bits per heavy atom. The van der Waals surface area contributed by atoms with Crippen molar-refractivity contribution in [2.75, 3.05) is 38.8 Å². The fraction of sp³-hybridized carbons (Fsp3) is 0.538. The van der Waals surface area contributed by atoms with Crippen molar-refractivity contribution in [3.63, 3.8) is 0 Å². The van der Waals surface area contributed by atoms with Gasteiger partial charge in [-0.3, -0.25) is 0 Å². The van der Waals surface area contributed by atoms with Crippen LogP contribution in [0.4, 0.5) is 5.69 Å². The van der Waals surface area contributed by atoms with Crippen molar-refractivity contribution in [1.29, 1.82) is 0 Å². The molecule has 1 N–H and O–H groups in total. The van der Waals surface area contributed by atoms with E-state index >= 15 is 0 Å². The molecule has 17 heavy (non-hydrogen) atoms. The van der Waals surface area contributed by atoms with E-state index in [9.17, 15) is 0 Å². The van der Waals surface area contributed by atoms with Crippen LogP contribution in [0.15, 0.2) is 18.2 Å². The molecule has 4 nitrogen and oxygen atoms in total. The van der Waals surface area contributed by atoms with Gasteiger partial charge in [0.05, 0.1) is 14.2 Å². The molecule has 1 aromatic rings. The van der Waals surface area contributed by atoms with Crippen molar-refractivity contribution >= 4 is 5.69 Å². The first-order valence-electron chi connectivity index (χ1n) is 5.85. The number of methoxy groups -OCH3 is 2. The maximum atomic E-state index is 9.16. The molecule has 1 heterocycles. The van der Waals surface area contributed by atoms with Gasteiger partial charge in [0.1, 0.15) is 11.5 Å². The highest BCUT2D eigenvalue weighted by Gasteiger charge is 2.22. The van der Waals surface area contributed by atoms with Gasteiger partial charge in [0, 0.05) is 49.5 Å². The minimum absolute atomic E-state index is 0.262. The number of benzene rings is 1. The number of aliphatic hydroxyl groups excluding tert-OH is 1. The molecule has 1 unspecified atom stereocenters. The predicted octanol–water partition coefficient (Wildman–Crippen LogP) is 1.52. The first kappa shape index (κ1) is 12.0. The molecule has 1 fully saturated rings. The highest BCUT2D eigenvalue weighted by Crippen LogP contribution is 2.31. The van der Waals surface area contributed by atoms with E-state index in [0.717, 1.165) is 36.7 Å². The lowest BCUT2D eigenvalue weighted by Gasteiger charge is -2.20. The highest BCUT2D eigenvalue weighted by atomic mass is 16.5. The summed E-state index contributed by atoms with van der Waals surface area (Å²) in [6.07, 6.45) is 1.04. The van der Waals surface area contributed by atoms with Crippen LogP contribution in [0.5, 0.6) is 11.5 Å². The second kappa shape index (κ2) is 5.27. The van der Waals surface area contributed by atoms with E-state index in [4.69, 9.17) is 14.6 Å². The number of hydrogen-bond donors (Lipinski definition) is 1. The van der Waals surface area contributed by atoms with Gasteiger partial charge in [0.2, 0.25) is 0 Å². The third-order valence-corrected chi connectivity index (χ3v) is 3.25. The quantitative estimate of drug-likeness (QED) is 0.862. The summed E-state index contributed by atoms with van der Waals surface area (Å²) in [4.78, 5) is 2.26. The van der Waals surface area contributed by atoms with Crippen molar-refractivity contribution in [3.05, 3.63) is 18.2 Å². The van der Waals surface area contributed by atoms with Crippen LogP contribution in [0.1, 0.15) is 6.42 Å². The molecule has 0 saturated carbocycles. The molecule has 4 heteroatoms. The Labute approximate surface area is 102 Å². The van der Waals surface area contributed by atoms with Crippen LogP contribution in [-0.2, 0) is 0 Å². The fourth-order valence-corrected chi connectivity index (χ4v) is 2.19. The molecule has 1 atom stereocenters. The summed E-state index contributed by atoms with van der Waals surface area (Å²) in [6, 6.07) is 5.87. The van der Waals surface area contributed by atoms with E-state index in [-0.39, 0.29) is 6.61 Å². The molecule has 1 aromatic carbocycles. The van der Waals surface area contributed by atoms with Gasteiger partial charge in [0.25, 0.3) is 0 Å². The summed E-state index contributed by atoms with van der Waals surface area (Å²) >= 11 is 0. The topological polar surface area (TPSA) is 41.9 Å². The lowest BCUT2D eigenvalue weighted by Crippen LogP contribution is -2.20. The molecule has 0 bridgehead atoms. The van der Waals surface area contributed by atoms with E-state index in [0.29, 0.717) is 5.92 Å². The lowest BCUT2D eigenvalue weighted by atomic mass is 10.1. The smallest absolute Gasteiger partial charge is 0.124 e. The molecular formula is C13H19NO3. The van der Waals surface area contributed by atoms with E-state index in [1.807, 2.05) is 18.2 Å². The molecule has 0 aromatic heterocycles. The van der Waals surface area contributed by atoms with Gasteiger partial charge in [-0.05, 0) is 6.42 Å². The van der Waals surface area contributed by atoms with E-state index in [2.05, 4.69) is 4.90 Å². The van der Waals surface area contributed by atoms with Crippen LogP contribution in [0, 0.1) is 5.92 Å². The Morgan fingerprint density at radius 2 is 1.88 bits per heavy atom. The average molecular weight is 237 g/mol. The minimum Gasteiger partial charge on any atom is -0.497 e. The third-order valence-electron chi connectivity index (χ3n) is 3.25. The molecule has 0 radical (unpaired) electrons. The zero-order valence-electron chi connectivity index (χ0n) is 10.3. The van der Waals surface area contributed by atoms with Crippen LogP contribution < -0.4 is 14.4 Å². The van der Waals surface area contributed by atoms with Gasteiger partial charge in [-0.2, -0.15) is 0 Å². The van der Waals surface area contributed by atoms with Crippen molar-refractivity contribution < 1.29 is 14.6 Å². The first-order valence-corrected chi connectivity index (χ1v) is 5.85. The monoisotopic (exact) mass is 237 g/mol. The maximum Gasteiger partial charge on any atom is 0.124 e. The van der Waals surface area contributed by atoms with Crippen LogP contribution in [0.2, 0.25) is 0 Å². The SMILES string of the molecule is COc1cc(OC)cc(N2CCC(CO)C2)c1. The number of nitrogens with zero attached hydrogens (tertiary/aromatic N) is 1. The maximum absolute atomic E-state index is 9.16. The summed E-state index contributed by atoms with van der Waals surface area (Å²) in [5.41, 5.74) is 1.09. The minimum atomic E-state index is 0.262. The number of rotatable bonds is 4. The second-order valence-electron chi connectivity index (χ2n) is 4.35. The number of aliphatic hydroxyl groups is 1. The highest BCUT2D eigenvalue weighted by molar-refractivity contribution is 5.56. The molecule has 2 rings (SSSR count). The summed E-state index contributed by atoms with van der Waals surface area (Å²) in [6.45, 7) is 2.13. The van der Waals surface area contributed by atoms with Crippen LogP contribution >= 0.6 is 0 Å². The van der Waals surface area contributed by atoms with E-state index in [1.165, 1.54) is 0 Å². The first-order chi connectivity index (χ1) is 8.26. The van der Waals surface area contributed by atoms with Crippen molar-refractivity contribution in [2.45, 2.75) is 6.42 Å². The van der Waals surface area contributed by atoms with E-state index < -0.39 is 0 Å². The van der Waals surface area contributed by atoms with Crippen molar-refractivity contribution in [2.24, 2.45) is 5.92 Å². The Balaban J connectivity index is 2.20. The number of anilines is 1. The van der Waals surface area contributed by atoms with Crippen molar-refractivity contribution in [3.8, 4) is 11.5 Å². The van der Waals surface area contributed by atoms with Crippen LogP contribution in [0.3, 0.4) is 0 Å².